The van der Waals surface area contributed by atoms with Gasteiger partial charge in [0.05, 0.1) is 12.4 Å². The molecule has 6 heteroatoms. The van der Waals surface area contributed by atoms with E-state index in [1.54, 1.807) is 24.3 Å². The molecule has 0 fully saturated rings. The van der Waals surface area contributed by atoms with E-state index in [1.807, 2.05) is 11.9 Å². The average Bonchev–Trinajstić information content (AvgIpc) is 2.34. The fourth-order valence-electron chi connectivity index (χ4n) is 1.47. The molecule has 1 aromatic rings. The zero-order valence-electron chi connectivity index (χ0n) is 10.8. The van der Waals surface area contributed by atoms with Gasteiger partial charge in [0.15, 0.2) is 0 Å². The molecule has 0 bridgehead atoms. The lowest BCUT2D eigenvalue weighted by atomic mass is 10.2. The number of anilines is 1. The number of hydrogen-bond donors (Lipinski definition) is 0. The van der Waals surface area contributed by atoms with Gasteiger partial charge in [-0.25, -0.2) is 0 Å². The van der Waals surface area contributed by atoms with Gasteiger partial charge in [0, 0.05) is 25.9 Å². The monoisotopic (exact) mass is 251 g/mol. The van der Waals surface area contributed by atoms with Crippen LogP contribution in [0, 0.1) is 0 Å². The van der Waals surface area contributed by atoms with Gasteiger partial charge in [-0.2, -0.15) is 0 Å². The third-order valence-electron chi connectivity index (χ3n) is 2.43. The Kier molecular flexibility index (Phi) is 6.56. The van der Waals surface area contributed by atoms with Gasteiger partial charge < -0.3 is 24.3 Å². The van der Waals surface area contributed by atoms with Crippen molar-refractivity contribution in [3.05, 3.63) is 24.3 Å². The summed E-state index contributed by atoms with van der Waals surface area (Å²) < 4.78 is 9.91. The lowest BCUT2D eigenvalue weighted by Crippen LogP contribution is -2.50. The van der Waals surface area contributed by atoms with E-state index in [0.717, 1.165) is 25.3 Å². The molecule has 0 aromatic heterocycles. The molecule has 0 saturated heterocycles. The fraction of sp³-hybridized carbons (Fsp3) is 0.500. The number of rotatable bonds is 8. The first-order valence-electron chi connectivity index (χ1n) is 6.00. The Balaban J connectivity index is 2.41. The maximum absolute atomic E-state index is 10.3. The van der Waals surface area contributed by atoms with Crippen LogP contribution in [0.2, 0.25) is 0 Å². The van der Waals surface area contributed by atoms with Crippen LogP contribution < -0.4 is 19.6 Å². The zero-order chi connectivity index (χ0) is 13.4. The first-order valence-corrected chi connectivity index (χ1v) is 6.00. The molecule has 0 radical (unpaired) electrons. The summed E-state index contributed by atoms with van der Waals surface area (Å²) in [4.78, 5) is 2.03. The lowest BCUT2D eigenvalue weighted by Gasteiger charge is -2.27. The Morgan fingerprint density at radius 2 is 1.83 bits per heavy atom. The van der Waals surface area contributed by atoms with Crippen LogP contribution in [0.4, 0.5) is 5.69 Å². The van der Waals surface area contributed by atoms with Crippen molar-refractivity contribution in [2.75, 3.05) is 31.7 Å². The van der Waals surface area contributed by atoms with Crippen LogP contribution in [0.1, 0.15) is 13.3 Å². The summed E-state index contributed by atoms with van der Waals surface area (Å²) in [6.07, 6.45) is 1.02. The molecule has 0 spiro atoms. The minimum Gasteiger partial charge on any atom is -0.860 e. The third-order valence-corrected chi connectivity index (χ3v) is 2.43. The van der Waals surface area contributed by atoms with Crippen molar-refractivity contribution in [3.8, 4) is 5.75 Å². The molecule has 0 amide bonds. The average molecular weight is 251 g/mol. The van der Waals surface area contributed by atoms with Gasteiger partial charge in [-0.05, 0) is 30.7 Å². The van der Waals surface area contributed by atoms with Crippen molar-refractivity contribution in [2.24, 2.45) is 0 Å². The first-order chi connectivity index (χ1) is 8.63. The van der Waals surface area contributed by atoms with Crippen LogP contribution in [0.5, 0.6) is 5.75 Å². The molecular weight excluding hydrogens is 233 g/mol. The van der Waals surface area contributed by atoms with Crippen molar-refractivity contribution >= 4 is 13.0 Å². The highest BCUT2D eigenvalue weighted by Gasteiger charge is 2.00. The van der Waals surface area contributed by atoms with E-state index in [1.165, 1.54) is 0 Å². The van der Waals surface area contributed by atoms with Gasteiger partial charge in [-0.3, -0.25) is 0 Å². The SMILES string of the molecule is CCCOCCN(C)c1ccc(OB([O-])[O-])cc1. The Labute approximate surface area is 108 Å². The molecule has 18 heavy (non-hydrogen) atoms. The smallest absolute Gasteiger partial charge is 0.133 e. The van der Waals surface area contributed by atoms with E-state index in [9.17, 15) is 10.0 Å². The van der Waals surface area contributed by atoms with Crippen molar-refractivity contribution in [1.29, 1.82) is 0 Å². The molecule has 0 aliphatic heterocycles. The van der Waals surface area contributed by atoms with Gasteiger partial charge in [-0.15, -0.1) is 0 Å². The predicted molar refractivity (Wildman–Crippen MR) is 67.2 cm³/mol. The van der Waals surface area contributed by atoms with Crippen LogP contribution >= 0.6 is 0 Å². The molecular formula is C12H18BNO4-2. The van der Waals surface area contributed by atoms with Crippen molar-refractivity contribution in [1.82, 2.24) is 0 Å². The Hall–Kier alpha value is -1.24. The second-order valence-corrected chi connectivity index (χ2v) is 3.93. The number of hydrogen-bond acceptors (Lipinski definition) is 5. The Morgan fingerprint density at radius 3 is 2.39 bits per heavy atom. The molecule has 1 aromatic carbocycles. The van der Waals surface area contributed by atoms with Gasteiger partial charge in [0.2, 0.25) is 0 Å². The summed E-state index contributed by atoms with van der Waals surface area (Å²) in [5.74, 6) is 0.296. The zero-order valence-corrected chi connectivity index (χ0v) is 10.8. The Morgan fingerprint density at radius 1 is 1.17 bits per heavy atom. The van der Waals surface area contributed by atoms with Crippen LogP contribution in [0.3, 0.4) is 0 Å². The topological polar surface area (TPSA) is 67.8 Å². The largest absolute Gasteiger partial charge is 0.860 e. The Bertz CT molecular complexity index is 331. The third kappa shape index (κ3) is 5.40. The van der Waals surface area contributed by atoms with Crippen molar-refractivity contribution < 1.29 is 19.4 Å². The molecule has 0 saturated carbocycles. The molecule has 5 nitrogen and oxygen atoms in total. The predicted octanol–water partition coefficient (Wildman–Crippen LogP) is -0.366. The van der Waals surface area contributed by atoms with E-state index in [0.29, 0.717) is 12.4 Å². The van der Waals surface area contributed by atoms with E-state index < -0.39 is 7.32 Å². The first kappa shape index (κ1) is 14.8. The number of ether oxygens (including phenoxy) is 1. The van der Waals surface area contributed by atoms with Crippen LogP contribution in [0.25, 0.3) is 0 Å². The fourth-order valence-corrected chi connectivity index (χ4v) is 1.47. The van der Waals surface area contributed by atoms with Gasteiger partial charge in [0.25, 0.3) is 0 Å². The van der Waals surface area contributed by atoms with E-state index in [2.05, 4.69) is 11.6 Å². The molecule has 100 valence electrons. The molecule has 0 heterocycles. The highest BCUT2D eigenvalue weighted by Crippen LogP contribution is 2.18. The second kappa shape index (κ2) is 7.97. The molecule has 1 rings (SSSR count). The summed E-state index contributed by atoms with van der Waals surface area (Å²) in [7, 11) is -0.328. The standard InChI is InChI=1S/C12H18BNO4/c1-3-9-17-10-8-14(2)11-4-6-12(7-5-11)18-13(15)16/h4-7H,3,8-10H2,1-2H3/q-2. The molecule has 0 aliphatic rings. The van der Waals surface area contributed by atoms with Gasteiger partial charge in [0.1, 0.15) is 7.32 Å². The maximum Gasteiger partial charge on any atom is 0.133 e. The molecule has 0 unspecified atom stereocenters. The number of likely N-dealkylation sites (N-methyl/N-ethyl adjacent to an activating group) is 1. The highest BCUT2D eigenvalue weighted by atomic mass is 16.6. The van der Waals surface area contributed by atoms with Crippen LogP contribution in [-0.2, 0) is 4.74 Å². The second-order valence-electron chi connectivity index (χ2n) is 3.93. The summed E-state index contributed by atoms with van der Waals surface area (Å²) >= 11 is 0. The van der Waals surface area contributed by atoms with E-state index in [4.69, 9.17) is 4.74 Å². The maximum atomic E-state index is 10.3. The number of nitrogens with zero attached hydrogens (tertiary/aromatic N) is 1. The number of benzene rings is 1. The van der Waals surface area contributed by atoms with Crippen molar-refractivity contribution in [3.63, 3.8) is 0 Å². The summed E-state index contributed by atoms with van der Waals surface area (Å²) in [6, 6.07) is 6.83. The van der Waals surface area contributed by atoms with Gasteiger partial charge >= 0.3 is 0 Å². The van der Waals surface area contributed by atoms with Gasteiger partial charge in [-0.1, -0.05) is 6.92 Å². The minimum absolute atomic E-state index is 0.296. The van der Waals surface area contributed by atoms with Crippen LogP contribution in [-0.4, -0.2) is 34.1 Å². The molecule has 0 atom stereocenters. The van der Waals surface area contributed by atoms with Crippen LogP contribution in [0.15, 0.2) is 24.3 Å². The quantitative estimate of drug-likeness (QED) is 0.466. The lowest BCUT2D eigenvalue weighted by molar-refractivity contribution is -0.372. The normalized spacial score (nSPS) is 10.2. The van der Waals surface area contributed by atoms with E-state index in [-0.39, 0.29) is 0 Å². The minimum atomic E-state index is -2.28. The summed E-state index contributed by atoms with van der Waals surface area (Å²) in [6.45, 7) is 4.30. The summed E-state index contributed by atoms with van der Waals surface area (Å²) in [5.41, 5.74) is 0.982. The summed E-state index contributed by atoms with van der Waals surface area (Å²) in [5, 5.41) is 20.6. The highest BCUT2D eigenvalue weighted by molar-refractivity contribution is 6.29. The molecule has 0 N–H and O–H groups in total. The van der Waals surface area contributed by atoms with E-state index >= 15 is 0 Å². The van der Waals surface area contributed by atoms with Crippen molar-refractivity contribution in [2.45, 2.75) is 13.3 Å². The molecule has 0 aliphatic carbocycles.